The fourth-order valence-electron chi connectivity index (χ4n) is 0.402. The molecule has 38 valence electrons. The highest BCUT2D eigenvalue weighted by Crippen LogP contribution is 2.05. The summed E-state index contributed by atoms with van der Waals surface area (Å²) in [4.78, 5) is 3.74. The van der Waals surface area contributed by atoms with Gasteiger partial charge in [-0.3, -0.25) is 4.99 Å². The number of hydrogen-bond acceptors (Lipinski definition) is 2. The van der Waals surface area contributed by atoms with Crippen LogP contribution < -0.4 is 5.73 Å². The number of allylic oxidation sites excluding steroid dienone is 1. The summed E-state index contributed by atoms with van der Waals surface area (Å²) in [5.41, 5.74) is 5.68. The Balaban J connectivity index is 2.69. The van der Waals surface area contributed by atoms with Crippen molar-refractivity contribution in [3.8, 4) is 0 Å². The van der Waals surface area contributed by atoms with Crippen molar-refractivity contribution in [2.75, 3.05) is 0 Å². The van der Waals surface area contributed by atoms with E-state index in [-0.39, 0.29) is 5.50 Å². The average molecular weight is 117 g/mol. The lowest BCUT2D eigenvalue weighted by molar-refractivity contribution is 1.18. The van der Waals surface area contributed by atoms with Crippen molar-refractivity contribution in [1.82, 2.24) is 0 Å². The van der Waals surface area contributed by atoms with Crippen LogP contribution in [0.5, 0.6) is 0 Å². The molecule has 0 spiro atoms. The molecule has 7 heavy (non-hydrogen) atoms. The van der Waals surface area contributed by atoms with E-state index < -0.39 is 0 Å². The predicted molar refractivity (Wildman–Crippen MR) is 30.4 cm³/mol. The minimum Gasteiger partial charge on any atom is -0.398 e. The van der Waals surface area contributed by atoms with E-state index in [1.165, 1.54) is 0 Å². The van der Waals surface area contributed by atoms with Crippen molar-refractivity contribution in [2.45, 2.75) is 5.50 Å². The Kier molecular flexibility index (Phi) is 1.02. The molecule has 0 aromatic carbocycles. The van der Waals surface area contributed by atoms with Gasteiger partial charge >= 0.3 is 0 Å². The number of rotatable bonds is 0. The zero-order valence-corrected chi connectivity index (χ0v) is 4.39. The Labute approximate surface area is 46.7 Å². The first-order valence-corrected chi connectivity index (χ1v) is 2.37. The molecular formula is C4H5ClN2. The van der Waals surface area contributed by atoms with E-state index in [4.69, 9.17) is 17.3 Å². The normalized spacial score (nSPS) is 28.1. The lowest BCUT2D eigenvalue weighted by Crippen LogP contribution is -1.93. The SMILES string of the molecule is NC1=CC(Cl)N=C1. The summed E-state index contributed by atoms with van der Waals surface area (Å²) in [6.07, 6.45) is 3.24. The molecule has 1 aliphatic rings. The van der Waals surface area contributed by atoms with Crippen LogP contribution in [0, 0.1) is 0 Å². The van der Waals surface area contributed by atoms with Gasteiger partial charge in [-0.05, 0) is 6.08 Å². The quantitative estimate of drug-likeness (QED) is 0.363. The Hall–Kier alpha value is -0.500. The highest BCUT2D eigenvalue weighted by molar-refractivity contribution is 6.23. The number of alkyl halides is 1. The van der Waals surface area contributed by atoms with Crippen LogP contribution in [0.15, 0.2) is 16.8 Å². The van der Waals surface area contributed by atoms with Gasteiger partial charge in [-0.25, -0.2) is 0 Å². The molecule has 0 radical (unpaired) electrons. The monoisotopic (exact) mass is 116 g/mol. The smallest absolute Gasteiger partial charge is 0.144 e. The van der Waals surface area contributed by atoms with E-state index in [1.54, 1.807) is 12.3 Å². The van der Waals surface area contributed by atoms with E-state index in [1.807, 2.05) is 0 Å². The van der Waals surface area contributed by atoms with Crippen molar-refractivity contribution < 1.29 is 0 Å². The first-order chi connectivity index (χ1) is 3.29. The maximum absolute atomic E-state index is 5.45. The zero-order valence-electron chi connectivity index (χ0n) is 3.63. The molecule has 1 atom stereocenters. The third-order valence-corrected chi connectivity index (χ3v) is 0.935. The van der Waals surface area contributed by atoms with Gasteiger partial charge in [0.2, 0.25) is 0 Å². The van der Waals surface area contributed by atoms with Gasteiger partial charge in [0.15, 0.2) is 0 Å². The highest BCUT2D eigenvalue weighted by Gasteiger charge is 2.01. The third-order valence-electron chi connectivity index (χ3n) is 0.696. The van der Waals surface area contributed by atoms with Gasteiger partial charge in [0.1, 0.15) is 5.50 Å². The molecule has 1 heterocycles. The molecule has 0 bridgehead atoms. The second kappa shape index (κ2) is 1.54. The van der Waals surface area contributed by atoms with Gasteiger partial charge in [0.05, 0.1) is 0 Å². The Morgan fingerprint density at radius 2 is 2.57 bits per heavy atom. The van der Waals surface area contributed by atoms with Gasteiger partial charge < -0.3 is 5.73 Å². The van der Waals surface area contributed by atoms with E-state index in [2.05, 4.69) is 4.99 Å². The van der Waals surface area contributed by atoms with Gasteiger partial charge in [-0.15, -0.1) is 0 Å². The molecule has 1 rings (SSSR count). The van der Waals surface area contributed by atoms with Crippen molar-refractivity contribution in [3.63, 3.8) is 0 Å². The third kappa shape index (κ3) is 0.933. The van der Waals surface area contributed by atoms with Crippen LogP contribution in [-0.2, 0) is 0 Å². The summed E-state index contributed by atoms with van der Waals surface area (Å²) in [6.45, 7) is 0. The van der Waals surface area contributed by atoms with Crippen LogP contribution in [0.4, 0.5) is 0 Å². The number of hydrogen-bond donors (Lipinski definition) is 1. The van der Waals surface area contributed by atoms with Crippen molar-refractivity contribution >= 4 is 17.8 Å². The molecule has 2 nitrogen and oxygen atoms in total. The molecule has 1 aliphatic heterocycles. The molecule has 0 saturated carbocycles. The molecule has 0 saturated heterocycles. The highest BCUT2D eigenvalue weighted by atomic mass is 35.5. The molecule has 0 fully saturated rings. The first kappa shape index (κ1) is 4.65. The van der Waals surface area contributed by atoms with Gasteiger partial charge in [-0.1, -0.05) is 11.6 Å². The largest absolute Gasteiger partial charge is 0.398 e. The molecule has 3 heteroatoms. The number of nitrogens with zero attached hydrogens (tertiary/aromatic N) is 1. The Morgan fingerprint density at radius 3 is 2.71 bits per heavy atom. The molecule has 1 unspecified atom stereocenters. The van der Waals surface area contributed by atoms with Crippen LogP contribution in [-0.4, -0.2) is 11.7 Å². The zero-order chi connectivity index (χ0) is 5.28. The lowest BCUT2D eigenvalue weighted by atomic mass is 10.5. The van der Waals surface area contributed by atoms with Crippen molar-refractivity contribution in [2.24, 2.45) is 10.7 Å². The van der Waals surface area contributed by atoms with E-state index in [9.17, 15) is 0 Å². The predicted octanol–water partition coefficient (Wildman–Crippen LogP) is 0.478. The summed E-state index contributed by atoms with van der Waals surface area (Å²) < 4.78 is 0. The van der Waals surface area contributed by atoms with Crippen molar-refractivity contribution in [3.05, 3.63) is 11.8 Å². The maximum atomic E-state index is 5.45. The van der Waals surface area contributed by atoms with Gasteiger partial charge in [0.25, 0.3) is 0 Å². The van der Waals surface area contributed by atoms with Crippen molar-refractivity contribution in [1.29, 1.82) is 0 Å². The molecular weight excluding hydrogens is 112 g/mol. The summed E-state index contributed by atoms with van der Waals surface area (Å²) in [5, 5.41) is 0. The maximum Gasteiger partial charge on any atom is 0.144 e. The summed E-state index contributed by atoms with van der Waals surface area (Å²) >= 11 is 5.45. The molecule has 2 N–H and O–H groups in total. The summed E-state index contributed by atoms with van der Waals surface area (Å²) in [5.74, 6) is 0. The van der Waals surface area contributed by atoms with E-state index in [0.717, 1.165) is 0 Å². The van der Waals surface area contributed by atoms with Gasteiger partial charge in [-0.2, -0.15) is 0 Å². The van der Waals surface area contributed by atoms with Gasteiger partial charge in [0, 0.05) is 11.9 Å². The first-order valence-electron chi connectivity index (χ1n) is 1.93. The average Bonchev–Trinajstić information content (AvgIpc) is 1.87. The Bertz CT molecular complexity index is 128. The standard InChI is InChI=1S/C4H5ClN2/c5-4-1-3(6)2-7-4/h1-2,4H,6H2. The minimum atomic E-state index is -0.222. The van der Waals surface area contributed by atoms with Crippen LogP contribution in [0.25, 0.3) is 0 Å². The Morgan fingerprint density at radius 1 is 1.86 bits per heavy atom. The fraction of sp³-hybridized carbons (Fsp3) is 0.250. The summed E-state index contributed by atoms with van der Waals surface area (Å²) in [6, 6.07) is 0. The second-order valence-electron chi connectivity index (χ2n) is 1.32. The number of aliphatic imine (C=N–C) groups is 1. The van der Waals surface area contributed by atoms with E-state index >= 15 is 0 Å². The van der Waals surface area contributed by atoms with Crippen LogP contribution in [0.1, 0.15) is 0 Å². The molecule has 0 amide bonds. The van der Waals surface area contributed by atoms with Crippen LogP contribution in [0.2, 0.25) is 0 Å². The lowest BCUT2D eigenvalue weighted by Gasteiger charge is -1.81. The minimum absolute atomic E-state index is 0.222. The molecule has 0 aromatic heterocycles. The molecule has 0 aliphatic carbocycles. The molecule has 0 aromatic rings. The summed E-state index contributed by atoms with van der Waals surface area (Å²) in [7, 11) is 0. The number of nitrogens with two attached hydrogens (primary N) is 1. The topological polar surface area (TPSA) is 38.4 Å². The van der Waals surface area contributed by atoms with Crippen LogP contribution >= 0.6 is 11.6 Å². The number of halogens is 1. The second-order valence-corrected chi connectivity index (χ2v) is 1.76. The van der Waals surface area contributed by atoms with Crippen LogP contribution in [0.3, 0.4) is 0 Å². The fourth-order valence-corrected chi connectivity index (χ4v) is 0.604. The van der Waals surface area contributed by atoms with E-state index in [0.29, 0.717) is 5.70 Å².